The molecule has 342 valence electrons. The molecule has 17 N–H and O–H groups in total. The third-order valence-corrected chi connectivity index (χ3v) is 9.31. The van der Waals surface area contributed by atoms with E-state index >= 15 is 0 Å². The average Bonchev–Trinajstić information content (AvgIpc) is 3.16. The molecule has 0 heterocycles. The molecule has 0 aliphatic heterocycles. The molecule has 1 aromatic carbocycles. The molecule has 0 aliphatic rings. The highest BCUT2D eigenvalue weighted by Crippen LogP contribution is 2.14. The number of amides is 7. The number of nitrogens with one attached hydrogen (secondary N) is 6. The minimum Gasteiger partial charge on any atom is -0.508 e. The van der Waals surface area contributed by atoms with Gasteiger partial charge in [0.1, 0.15) is 42.0 Å². The quantitative estimate of drug-likeness (QED) is 0.0239. The van der Waals surface area contributed by atoms with Crippen LogP contribution in [0.2, 0.25) is 0 Å². The first kappa shape index (κ1) is 53.0. The van der Waals surface area contributed by atoms with E-state index in [2.05, 4.69) is 36.9 Å². The second-order valence-corrected chi connectivity index (χ2v) is 15.6. The summed E-state index contributed by atoms with van der Waals surface area (Å²) in [5, 5.41) is 44.6. The fourth-order valence-electron chi connectivity index (χ4n) is 5.77. The number of carboxylic acid groups (broad SMARTS) is 1. The van der Waals surface area contributed by atoms with Gasteiger partial charge in [0.25, 0.3) is 0 Å². The van der Waals surface area contributed by atoms with Crippen molar-refractivity contribution in [1.29, 1.82) is 0 Å². The van der Waals surface area contributed by atoms with Gasteiger partial charge in [-0.1, -0.05) is 39.8 Å². The molecule has 0 bridgehead atoms. The number of guanidine groups is 1. The standard InChI is InChI=1S/C39H65N11O11/c1-19(2)18-28(36(59)45-21(5)32(41)55)48-34(57)27(15-16-29(53)54)47-37(60)30(20(3)4)49-38(61)31(22(6)51)50-35(58)26(14-11-23-9-12-24(52)13-10-23)46-33(56)25(40)8-7-17-44-39(42)43/h9-10,12-13,19-22,25-28,30-31,51-52H,7-8,11,14-18,40H2,1-6H3,(H2,41,55)(H,45,59)(H,46,56)(H,47,60)(H,48,57)(H,49,61)(H,50,58)(H,53,54)(H4,42,43,44)/t21-,22?,25-,26-,27-,28?,30-,31-/m1/s1. The Labute approximate surface area is 355 Å². The second kappa shape index (κ2) is 26.2. The highest BCUT2D eigenvalue weighted by molar-refractivity contribution is 5.97. The zero-order chi connectivity index (χ0) is 46.6. The number of carboxylic acids is 1. The Balaban J connectivity index is 3.30. The van der Waals surface area contributed by atoms with Gasteiger partial charge in [-0.15, -0.1) is 0 Å². The smallest absolute Gasteiger partial charge is 0.303 e. The number of carbonyl (C=O) groups excluding carboxylic acids is 7. The van der Waals surface area contributed by atoms with E-state index in [1.165, 1.54) is 26.0 Å². The molecule has 0 spiro atoms. The zero-order valence-corrected chi connectivity index (χ0v) is 35.6. The van der Waals surface area contributed by atoms with E-state index in [4.69, 9.17) is 22.9 Å². The number of aryl methyl sites for hydroxylation is 1. The normalized spacial score (nSPS) is 15.0. The van der Waals surface area contributed by atoms with E-state index in [0.29, 0.717) is 12.0 Å². The molecular weight excluding hydrogens is 798 g/mol. The lowest BCUT2D eigenvalue weighted by Gasteiger charge is -2.29. The maximum Gasteiger partial charge on any atom is 0.303 e. The fraction of sp³-hybridized carbons (Fsp3) is 0.615. The van der Waals surface area contributed by atoms with Gasteiger partial charge in [0, 0.05) is 13.0 Å². The minimum atomic E-state index is -1.67. The summed E-state index contributed by atoms with van der Waals surface area (Å²) < 4.78 is 0. The van der Waals surface area contributed by atoms with Gasteiger partial charge in [-0.2, -0.15) is 0 Å². The predicted octanol–water partition coefficient (Wildman–Crippen LogP) is -2.93. The van der Waals surface area contributed by atoms with Crippen molar-refractivity contribution >= 4 is 53.3 Å². The van der Waals surface area contributed by atoms with Crippen LogP contribution in [0.25, 0.3) is 0 Å². The summed E-state index contributed by atoms with van der Waals surface area (Å²) in [4.78, 5) is 108. The van der Waals surface area contributed by atoms with Gasteiger partial charge in [-0.3, -0.25) is 43.3 Å². The number of phenolic OH excluding ortho intramolecular Hbond substituents is 1. The Hall–Kier alpha value is -6.03. The summed E-state index contributed by atoms with van der Waals surface area (Å²) in [5.74, 6) is -8.18. The Bertz CT molecular complexity index is 1690. The Kier molecular flexibility index (Phi) is 22.8. The van der Waals surface area contributed by atoms with Gasteiger partial charge >= 0.3 is 5.97 Å². The lowest BCUT2D eigenvalue weighted by atomic mass is 9.99. The number of hydrogen-bond donors (Lipinski definition) is 13. The number of benzene rings is 1. The van der Waals surface area contributed by atoms with Crippen LogP contribution in [-0.4, -0.2) is 124 Å². The summed E-state index contributed by atoms with van der Waals surface area (Å²) in [6.45, 7) is 9.45. The molecule has 2 unspecified atom stereocenters. The number of rotatable bonds is 27. The molecule has 0 aromatic heterocycles. The molecule has 22 nitrogen and oxygen atoms in total. The van der Waals surface area contributed by atoms with Crippen LogP contribution in [0.3, 0.4) is 0 Å². The van der Waals surface area contributed by atoms with Crippen LogP contribution in [-0.2, 0) is 44.8 Å². The van der Waals surface area contributed by atoms with Crippen LogP contribution >= 0.6 is 0 Å². The fourth-order valence-corrected chi connectivity index (χ4v) is 5.77. The summed E-state index contributed by atoms with van der Waals surface area (Å²) >= 11 is 0. The number of aliphatic carboxylic acids is 1. The van der Waals surface area contributed by atoms with Crippen molar-refractivity contribution in [3.63, 3.8) is 0 Å². The molecule has 22 heteroatoms. The van der Waals surface area contributed by atoms with Gasteiger partial charge in [0.2, 0.25) is 41.4 Å². The molecule has 1 aromatic rings. The number of phenols is 1. The summed E-state index contributed by atoms with van der Waals surface area (Å²) in [6.07, 6.45) is -1.68. The van der Waals surface area contributed by atoms with Gasteiger partial charge in [0.05, 0.1) is 12.1 Å². The molecule has 0 aliphatic carbocycles. The van der Waals surface area contributed by atoms with Crippen LogP contribution in [0.1, 0.15) is 85.6 Å². The predicted molar refractivity (Wildman–Crippen MR) is 224 cm³/mol. The number of aliphatic hydroxyl groups is 1. The van der Waals surface area contributed by atoms with Crippen molar-refractivity contribution in [3.05, 3.63) is 29.8 Å². The summed E-state index contributed by atoms with van der Waals surface area (Å²) in [6, 6.07) is -3.07. The first-order valence-electron chi connectivity index (χ1n) is 20.0. The van der Waals surface area contributed by atoms with Crippen LogP contribution in [0.5, 0.6) is 5.75 Å². The first-order chi connectivity index (χ1) is 28.4. The number of primary amides is 1. The molecule has 1 rings (SSSR count). The monoisotopic (exact) mass is 863 g/mol. The maximum atomic E-state index is 13.8. The molecule has 0 fully saturated rings. The molecule has 8 atom stereocenters. The largest absolute Gasteiger partial charge is 0.508 e. The molecule has 0 saturated heterocycles. The number of nitrogens with two attached hydrogens (primary N) is 4. The highest BCUT2D eigenvalue weighted by atomic mass is 16.4. The Morgan fingerprint density at radius 3 is 1.69 bits per heavy atom. The molecule has 7 amide bonds. The van der Waals surface area contributed by atoms with E-state index in [-0.39, 0.29) is 49.9 Å². The lowest BCUT2D eigenvalue weighted by Crippen LogP contribution is -2.62. The van der Waals surface area contributed by atoms with E-state index in [9.17, 15) is 53.7 Å². The van der Waals surface area contributed by atoms with Gasteiger partial charge in [0.15, 0.2) is 5.96 Å². The summed E-state index contributed by atoms with van der Waals surface area (Å²) in [5.41, 5.74) is 22.7. The average molecular weight is 864 g/mol. The van der Waals surface area contributed by atoms with E-state index in [1.807, 2.05) is 0 Å². The van der Waals surface area contributed by atoms with E-state index in [1.54, 1.807) is 39.8 Å². The number of aliphatic hydroxyl groups excluding tert-OH is 1. The van der Waals surface area contributed by atoms with Gasteiger partial charge in [-0.05, 0) is 81.9 Å². The Morgan fingerprint density at radius 2 is 1.16 bits per heavy atom. The highest BCUT2D eigenvalue weighted by Gasteiger charge is 2.36. The van der Waals surface area contributed by atoms with Crippen molar-refractivity contribution in [2.45, 2.75) is 135 Å². The van der Waals surface area contributed by atoms with Crippen LogP contribution in [0, 0.1) is 11.8 Å². The van der Waals surface area contributed by atoms with E-state index < -0.39 is 114 Å². The van der Waals surface area contributed by atoms with E-state index in [0.717, 1.165) is 0 Å². The SMILES string of the molecule is CC(C)CC(NC(=O)[C@@H](CCC(=O)O)NC(=O)[C@H](NC(=O)[C@H](NC(=O)[C@@H](CCc1ccc(O)cc1)NC(=O)[C@H](N)CCCN=C(N)N)C(C)O)C(C)C)C(=O)N[C@H](C)C(N)=O. The minimum absolute atomic E-state index is 0.00209. The van der Waals surface area contributed by atoms with Crippen molar-refractivity contribution in [3.8, 4) is 5.75 Å². The molecule has 0 radical (unpaired) electrons. The molecule has 0 saturated carbocycles. The third kappa shape index (κ3) is 20.2. The maximum absolute atomic E-state index is 13.8. The van der Waals surface area contributed by atoms with Gasteiger partial charge < -0.3 is 70.2 Å². The van der Waals surface area contributed by atoms with Crippen LogP contribution in [0.4, 0.5) is 0 Å². The Morgan fingerprint density at radius 1 is 0.656 bits per heavy atom. The zero-order valence-electron chi connectivity index (χ0n) is 35.6. The molecular formula is C39H65N11O11. The summed E-state index contributed by atoms with van der Waals surface area (Å²) in [7, 11) is 0. The number of nitrogens with zero attached hydrogens (tertiary/aromatic N) is 1. The van der Waals surface area contributed by atoms with Crippen molar-refractivity contribution in [1.82, 2.24) is 31.9 Å². The van der Waals surface area contributed by atoms with Gasteiger partial charge in [-0.25, -0.2) is 0 Å². The van der Waals surface area contributed by atoms with Crippen molar-refractivity contribution in [2.24, 2.45) is 39.8 Å². The first-order valence-corrected chi connectivity index (χ1v) is 20.0. The number of aliphatic imine (C=N–C) groups is 1. The topological polar surface area (TPSA) is 386 Å². The number of aromatic hydroxyl groups is 1. The lowest BCUT2D eigenvalue weighted by molar-refractivity contribution is -0.139. The number of carbonyl (C=O) groups is 8. The van der Waals surface area contributed by atoms with Crippen molar-refractivity contribution < 1.29 is 53.7 Å². The number of hydrogen-bond acceptors (Lipinski definition) is 12. The molecule has 61 heavy (non-hydrogen) atoms. The van der Waals surface area contributed by atoms with Crippen molar-refractivity contribution in [2.75, 3.05) is 6.54 Å². The van der Waals surface area contributed by atoms with Crippen LogP contribution < -0.4 is 54.8 Å². The second-order valence-electron chi connectivity index (χ2n) is 15.6. The third-order valence-electron chi connectivity index (χ3n) is 9.31. The van der Waals surface area contributed by atoms with Crippen LogP contribution in [0.15, 0.2) is 29.3 Å².